The number of ketones is 2. The van der Waals surface area contributed by atoms with Crippen LogP contribution in [0.2, 0.25) is 0 Å². The standard InChI is InChI=1S/C24H21FO3/c1-16(26)19-8-10-20(11-9-19)17(2)28-23-5-3-4-21(15-23)24(27)14-18-6-12-22(25)13-7-18/h3-13,15,17H,14H2,1-2H3. The van der Waals surface area contributed by atoms with Gasteiger partial charge < -0.3 is 4.74 Å². The van der Waals surface area contributed by atoms with Gasteiger partial charge in [-0.25, -0.2) is 4.39 Å². The summed E-state index contributed by atoms with van der Waals surface area (Å²) in [5.74, 6) is 0.230. The highest BCUT2D eigenvalue weighted by Crippen LogP contribution is 2.23. The Labute approximate surface area is 163 Å². The molecule has 0 aliphatic rings. The van der Waals surface area contributed by atoms with E-state index >= 15 is 0 Å². The van der Waals surface area contributed by atoms with E-state index in [9.17, 15) is 14.0 Å². The Morgan fingerprint density at radius 3 is 2.25 bits per heavy atom. The Hall–Kier alpha value is -3.27. The van der Waals surface area contributed by atoms with Crippen LogP contribution in [-0.4, -0.2) is 11.6 Å². The molecule has 3 aromatic carbocycles. The Balaban J connectivity index is 1.69. The van der Waals surface area contributed by atoms with Crippen LogP contribution in [0.25, 0.3) is 0 Å². The molecule has 0 aliphatic heterocycles. The average Bonchev–Trinajstić information content (AvgIpc) is 2.70. The molecule has 28 heavy (non-hydrogen) atoms. The second-order valence-corrected chi connectivity index (χ2v) is 6.69. The third-order valence-corrected chi connectivity index (χ3v) is 4.53. The van der Waals surface area contributed by atoms with Crippen LogP contribution in [0.15, 0.2) is 72.8 Å². The Kier molecular flexibility index (Phi) is 5.99. The summed E-state index contributed by atoms with van der Waals surface area (Å²) in [5, 5.41) is 0. The van der Waals surface area contributed by atoms with Crippen molar-refractivity contribution < 1.29 is 18.7 Å². The first-order valence-electron chi connectivity index (χ1n) is 9.07. The van der Waals surface area contributed by atoms with Crippen molar-refractivity contribution in [3.8, 4) is 5.75 Å². The van der Waals surface area contributed by atoms with Gasteiger partial charge in [0.2, 0.25) is 0 Å². The Bertz CT molecular complexity index is 975. The summed E-state index contributed by atoms with van der Waals surface area (Å²) in [7, 11) is 0. The van der Waals surface area contributed by atoms with E-state index in [1.807, 2.05) is 19.1 Å². The lowest BCUT2D eigenvalue weighted by Gasteiger charge is -2.16. The van der Waals surface area contributed by atoms with Gasteiger partial charge in [-0.05, 0) is 49.2 Å². The summed E-state index contributed by atoms with van der Waals surface area (Å²) >= 11 is 0. The van der Waals surface area contributed by atoms with Crippen LogP contribution in [0.5, 0.6) is 5.75 Å². The summed E-state index contributed by atoms with van der Waals surface area (Å²) in [6.07, 6.45) is -0.0327. The van der Waals surface area contributed by atoms with Crippen LogP contribution in [-0.2, 0) is 6.42 Å². The molecule has 0 spiro atoms. The molecule has 0 saturated heterocycles. The van der Waals surface area contributed by atoms with Crippen molar-refractivity contribution in [1.82, 2.24) is 0 Å². The number of benzene rings is 3. The van der Waals surface area contributed by atoms with Gasteiger partial charge in [0.25, 0.3) is 0 Å². The highest BCUT2D eigenvalue weighted by molar-refractivity contribution is 5.97. The lowest BCUT2D eigenvalue weighted by atomic mass is 10.0. The highest BCUT2D eigenvalue weighted by Gasteiger charge is 2.12. The maximum Gasteiger partial charge on any atom is 0.167 e. The molecule has 0 aromatic heterocycles. The zero-order valence-corrected chi connectivity index (χ0v) is 15.8. The van der Waals surface area contributed by atoms with Gasteiger partial charge in [-0.2, -0.15) is 0 Å². The second kappa shape index (κ2) is 8.61. The van der Waals surface area contributed by atoms with Crippen LogP contribution in [0.1, 0.15) is 51.8 Å². The minimum Gasteiger partial charge on any atom is -0.486 e. The molecule has 3 rings (SSSR count). The fourth-order valence-corrected chi connectivity index (χ4v) is 2.89. The molecule has 4 heteroatoms. The average molecular weight is 376 g/mol. The minimum atomic E-state index is -0.322. The number of carbonyl (C=O) groups is 2. The predicted molar refractivity (Wildman–Crippen MR) is 106 cm³/mol. The normalized spacial score (nSPS) is 11.7. The molecule has 0 bridgehead atoms. The molecule has 0 amide bonds. The first-order valence-corrected chi connectivity index (χ1v) is 9.07. The van der Waals surface area contributed by atoms with Crippen LogP contribution >= 0.6 is 0 Å². The van der Waals surface area contributed by atoms with Crippen LogP contribution < -0.4 is 4.74 Å². The van der Waals surface area contributed by atoms with Crippen LogP contribution in [0.4, 0.5) is 4.39 Å². The Morgan fingerprint density at radius 1 is 0.929 bits per heavy atom. The molecule has 1 unspecified atom stereocenters. The third-order valence-electron chi connectivity index (χ3n) is 4.53. The first kappa shape index (κ1) is 19.5. The fraction of sp³-hybridized carbons (Fsp3) is 0.167. The smallest absolute Gasteiger partial charge is 0.167 e. The Morgan fingerprint density at radius 2 is 1.61 bits per heavy atom. The molecule has 1 atom stereocenters. The first-order chi connectivity index (χ1) is 13.4. The predicted octanol–water partition coefficient (Wildman–Crippen LogP) is 5.59. The summed E-state index contributed by atoms with van der Waals surface area (Å²) in [5.41, 5.74) is 2.90. The monoisotopic (exact) mass is 376 g/mol. The van der Waals surface area contributed by atoms with Crippen LogP contribution in [0, 0.1) is 5.82 Å². The summed E-state index contributed by atoms with van der Waals surface area (Å²) in [4.78, 5) is 23.9. The van der Waals surface area contributed by atoms with Gasteiger partial charge in [0.1, 0.15) is 17.7 Å². The molecular formula is C24H21FO3. The van der Waals surface area contributed by atoms with E-state index < -0.39 is 0 Å². The minimum absolute atomic E-state index is 0.0208. The molecule has 3 aromatic rings. The lowest BCUT2D eigenvalue weighted by Crippen LogP contribution is -2.06. The summed E-state index contributed by atoms with van der Waals surface area (Å²) in [6, 6.07) is 20.2. The van der Waals surface area contributed by atoms with E-state index in [4.69, 9.17) is 4.74 Å². The number of hydrogen-bond donors (Lipinski definition) is 0. The van der Waals surface area contributed by atoms with Gasteiger partial charge in [-0.3, -0.25) is 9.59 Å². The number of halogens is 1. The maximum absolute atomic E-state index is 13.0. The van der Waals surface area contributed by atoms with Crippen molar-refractivity contribution in [2.75, 3.05) is 0 Å². The van der Waals surface area contributed by atoms with Gasteiger partial charge >= 0.3 is 0 Å². The summed E-state index contributed by atoms with van der Waals surface area (Å²) in [6.45, 7) is 3.44. The number of carbonyl (C=O) groups excluding carboxylic acids is 2. The number of ether oxygens (including phenoxy) is 1. The second-order valence-electron chi connectivity index (χ2n) is 6.69. The largest absolute Gasteiger partial charge is 0.486 e. The van der Waals surface area contributed by atoms with Gasteiger partial charge in [0, 0.05) is 17.5 Å². The molecule has 0 saturated carbocycles. The van der Waals surface area contributed by atoms with E-state index in [1.54, 1.807) is 48.5 Å². The van der Waals surface area contributed by atoms with E-state index in [2.05, 4.69) is 0 Å². The van der Waals surface area contributed by atoms with Gasteiger partial charge in [-0.15, -0.1) is 0 Å². The van der Waals surface area contributed by atoms with Crippen LogP contribution in [0.3, 0.4) is 0 Å². The quantitative estimate of drug-likeness (QED) is 0.505. The zero-order valence-electron chi connectivity index (χ0n) is 15.8. The zero-order chi connectivity index (χ0) is 20.1. The van der Waals surface area contributed by atoms with Gasteiger partial charge in [-0.1, -0.05) is 48.5 Å². The van der Waals surface area contributed by atoms with Crippen molar-refractivity contribution in [1.29, 1.82) is 0 Å². The molecule has 0 fully saturated rings. The topological polar surface area (TPSA) is 43.4 Å². The third kappa shape index (κ3) is 4.92. The number of hydrogen-bond acceptors (Lipinski definition) is 3. The summed E-state index contributed by atoms with van der Waals surface area (Å²) < 4.78 is 19.0. The number of Topliss-reactive ketones (excluding diaryl/α,β-unsaturated/α-hetero) is 2. The van der Waals surface area contributed by atoms with E-state index in [1.165, 1.54) is 19.1 Å². The lowest BCUT2D eigenvalue weighted by molar-refractivity contribution is 0.0989. The molecule has 0 radical (unpaired) electrons. The maximum atomic E-state index is 13.0. The fourth-order valence-electron chi connectivity index (χ4n) is 2.89. The highest BCUT2D eigenvalue weighted by atomic mass is 19.1. The molecule has 0 N–H and O–H groups in total. The molecular weight excluding hydrogens is 355 g/mol. The van der Waals surface area contributed by atoms with E-state index in [0.717, 1.165) is 11.1 Å². The van der Waals surface area contributed by atoms with Crippen molar-refractivity contribution in [2.45, 2.75) is 26.4 Å². The molecule has 3 nitrogen and oxygen atoms in total. The van der Waals surface area contributed by atoms with E-state index in [-0.39, 0.29) is 29.9 Å². The molecule has 0 aliphatic carbocycles. The van der Waals surface area contributed by atoms with E-state index in [0.29, 0.717) is 16.9 Å². The van der Waals surface area contributed by atoms with Crippen molar-refractivity contribution in [3.05, 3.63) is 101 Å². The van der Waals surface area contributed by atoms with Gasteiger partial charge in [0.15, 0.2) is 11.6 Å². The molecule has 142 valence electrons. The van der Waals surface area contributed by atoms with Crippen molar-refractivity contribution >= 4 is 11.6 Å². The number of rotatable bonds is 7. The SMILES string of the molecule is CC(=O)c1ccc(C(C)Oc2cccc(C(=O)Cc3ccc(F)cc3)c2)cc1. The molecule has 0 heterocycles. The van der Waals surface area contributed by atoms with Crippen molar-refractivity contribution in [3.63, 3.8) is 0 Å². The van der Waals surface area contributed by atoms with Gasteiger partial charge in [0.05, 0.1) is 0 Å². The van der Waals surface area contributed by atoms with Crippen molar-refractivity contribution in [2.24, 2.45) is 0 Å².